The number of benzene rings is 1. The van der Waals surface area contributed by atoms with Crippen molar-refractivity contribution in [1.29, 1.82) is 0 Å². The van der Waals surface area contributed by atoms with Crippen LogP contribution in [-0.4, -0.2) is 18.0 Å². The van der Waals surface area contributed by atoms with Crippen molar-refractivity contribution in [3.05, 3.63) is 29.8 Å². The highest BCUT2D eigenvalue weighted by Crippen LogP contribution is 2.24. The van der Waals surface area contributed by atoms with Crippen LogP contribution in [0.1, 0.15) is 39.2 Å². The average molecular weight is 260 g/mol. The van der Waals surface area contributed by atoms with Crippen LogP contribution in [0.5, 0.6) is 0 Å². The number of anilines is 1. The first-order valence-electron chi connectivity index (χ1n) is 7.21. The fourth-order valence-corrected chi connectivity index (χ4v) is 2.74. The molecule has 0 aliphatic carbocycles. The fourth-order valence-electron chi connectivity index (χ4n) is 2.74. The third-order valence-corrected chi connectivity index (χ3v) is 3.58. The van der Waals surface area contributed by atoms with Crippen molar-refractivity contribution < 1.29 is 4.79 Å². The van der Waals surface area contributed by atoms with E-state index < -0.39 is 0 Å². The van der Waals surface area contributed by atoms with Crippen molar-refractivity contribution in [2.45, 2.75) is 52.1 Å². The highest BCUT2D eigenvalue weighted by molar-refractivity contribution is 5.85. The zero-order valence-electron chi connectivity index (χ0n) is 12.1. The maximum Gasteiger partial charge on any atom is 0.242 e. The molecular formula is C16H24N2O. The Morgan fingerprint density at radius 1 is 1.37 bits per heavy atom. The first kappa shape index (κ1) is 13.9. The quantitative estimate of drug-likeness (QED) is 0.874. The summed E-state index contributed by atoms with van der Waals surface area (Å²) in [5.74, 6) is 0.734. The van der Waals surface area contributed by atoms with Gasteiger partial charge in [-0.2, -0.15) is 0 Å². The van der Waals surface area contributed by atoms with E-state index in [2.05, 4.69) is 37.5 Å². The molecular weight excluding hydrogens is 236 g/mol. The Morgan fingerprint density at radius 3 is 2.84 bits per heavy atom. The molecule has 19 heavy (non-hydrogen) atoms. The lowest BCUT2D eigenvalue weighted by molar-refractivity contribution is -0.122. The Hall–Kier alpha value is -1.51. The van der Waals surface area contributed by atoms with Crippen LogP contribution in [0.2, 0.25) is 0 Å². The lowest BCUT2D eigenvalue weighted by atomic mass is 9.97. The molecule has 2 rings (SSSR count). The third kappa shape index (κ3) is 3.72. The first-order valence-corrected chi connectivity index (χ1v) is 7.21. The van der Waals surface area contributed by atoms with E-state index in [-0.39, 0.29) is 18.0 Å². The van der Waals surface area contributed by atoms with E-state index in [0.29, 0.717) is 5.92 Å². The van der Waals surface area contributed by atoms with Crippen molar-refractivity contribution in [3.63, 3.8) is 0 Å². The van der Waals surface area contributed by atoms with Crippen LogP contribution in [0.25, 0.3) is 0 Å². The highest BCUT2D eigenvalue weighted by Gasteiger charge is 2.24. The van der Waals surface area contributed by atoms with Crippen molar-refractivity contribution in [2.75, 3.05) is 5.32 Å². The van der Waals surface area contributed by atoms with Gasteiger partial charge in [0.05, 0.1) is 0 Å². The predicted octanol–water partition coefficient (Wildman–Crippen LogP) is 2.96. The smallest absolute Gasteiger partial charge is 0.242 e. The van der Waals surface area contributed by atoms with Crippen LogP contribution in [0.4, 0.5) is 5.69 Å². The molecule has 0 saturated heterocycles. The number of para-hydroxylation sites is 1. The summed E-state index contributed by atoms with van der Waals surface area (Å²) in [6.45, 7) is 6.43. The minimum Gasteiger partial charge on any atom is -0.373 e. The summed E-state index contributed by atoms with van der Waals surface area (Å²) in [4.78, 5) is 12.2. The normalized spacial score (nSPS) is 19.5. The van der Waals surface area contributed by atoms with E-state index in [1.165, 1.54) is 5.56 Å². The molecule has 3 heteroatoms. The lowest BCUT2D eigenvalue weighted by Crippen LogP contribution is -2.45. The monoisotopic (exact) mass is 260 g/mol. The van der Waals surface area contributed by atoms with Crippen molar-refractivity contribution in [3.8, 4) is 0 Å². The van der Waals surface area contributed by atoms with Gasteiger partial charge in [-0.05, 0) is 43.7 Å². The molecule has 0 bridgehead atoms. The van der Waals surface area contributed by atoms with Gasteiger partial charge in [0.2, 0.25) is 5.91 Å². The number of hydrogen-bond acceptors (Lipinski definition) is 2. The van der Waals surface area contributed by atoms with Crippen molar-refractivity contribution >= 4 is 11.6 Å². The summed E-state index contributed by atoms with van der Waals surface area (Å²) in [7, 11) is 0. The van der Waals surface area contributed by atoms with Gasteiger partial charge in [0, 0.05) is 11.7 Å². The average Bonchev–Trinajstić information content (AvgIpc) is 2.37. The highest BCUT2D eigenvalue weighted by atomic mass is 16.2. The number of aryl methyl sites for hydroxylation is 1. The first-order chi connectivity index (χ1) is 9.06. The molecule has 2 unspecified atom stereocenters. The van der Waals surface area contributed by atoms with E-state index in [9.17, 15) is 4.79 Å². The molecule has 1 aliphatic rings. The van der Waals surface area contributed by atoms with Gasteiger partial charge < -0.3 is 10.6 Å². The maximum atomic E-state index is 12.2. The van der Waals surface area contributed by atoms with Gasteiger partial charge in [0.25, 0.3) is 0 Å². The number of carbonyl (C=O) groups is 1. The zero-order chi connectivity index (χ0) is 13.8. The standard InChI is InChI=1S/C16H24N2O/c1-11(2)10-12(3)17-16(19)15-9-8-13-6-4-5-7-14(13)18-15/h4-7,11-12,15,18H,8-10H2,1-3H3,(H,17,19). The van der Waals surface area contributed by atoms with Gasteiger partial charge in [-0.15, -0.1) is 0 Å². The number of hydrogen-bond donors (Lipinski definition) is 2. The van der Waals surface area contributed by atoms with Crippen LogP contribution in [0.15, 0.2) is 24.3 Å². The number of amides is 1. The third-order valence-electron chi connectivity index (χ3n) is 3.58. The summed E-state index contributed by atoms with van der Waals surface area (Å²) in [5.41, 5.74) is 2.41. The second-order valence-corrected chi connectivity index (χ2v) is 5.93. The van der Waals surface area contributed by atoms with E-state index in [0.717, 1.165) is 24.9 Å². The molecule has 3 nitrogen and oxygen atoms in total. The summed E-state index contributed by atoms with van der Waals surface area (Å²) >= 11 is 0. The summed E-state index contributed by atoms with van der Waals surface area (Å²) in [6.07, 6.45) is 2.87. The molecule has 1 aromatic rings. The van der Waals surface area contributed by atoms with Crippen LogP contribution in [-0.2, 0) is 11.2 Å². The van der Waals surface area contributed by atoms with Crippen LogP contribution in [0.3, 0.4) is 0 Å². The molecule has 1 amide bonds. The zero-order valence-corrected chi connectivity index (χ0v) is 12.1. The van der Waals surface area contributed by atoms with Crippen LogP contribution >= 0.6 is 0 Å². The summed E-state index contributed by atoms with van der Waals surface area (Å²) in [6, 6.07) is 8.37. The molecule has 0 radical (unpaired) electrons. The Labute approximate surface area is 115 Å². The van der Waals surface area contributed by atoms with Gasteiger partial charge in [-0.3, -0.25) is 4.79 Å². The minimum absolute atomic E-state index is 0.0930. The largest absolute Gasteiger partial charge is 0.373 e. The topological polar surface area (TPSA) is 41.1 Å². The Bertz CT molecular complexity index is 442. The molecule has 1 aromatic carbocycles. The predicted molar refractivity (Wildman–Crippen MR) is 79.2 cm³/mol. The Morgan fingerprint density at radius 2 is 2.11 bits per heavy atom. The lowest BCUT2D eigenvalue weighted by Gasteiger charge is -2.27. The number of carbonyl (C=O) groups excluding carboxylic acids is 1. The summed E-state index contributed by atoms with van der Waals surface area (Å²) in [5, 5.41) is 6.45. The summed E-state index contributed by atoms with van der Waals surface area (Å²) < 4.78 is 0. The van der Waals surface area contributed by atoms with Gasteiger partial charge in [-0.1, -0.05) is 32.0 Å². The molecule has 2 N–H and O–H groups in total. The maximum absolute atomic E-state index is 12.2. The second-order valence-electron chi connectivity index (χ2n) is 5.93. The van der Waals surface area contributed by atoms with Gasteiger partial charge >= 0.3 is 0 Å². The van der Waals surface area contributed by atoms with Gasteiger partial charge in [-0.25, -0.2) is 0 Å². The van der Waals surface area contributed by atoms with E-state index in [1.807, 2.05) is 18.2 Å². The van der Waals surface area contributed by atoms with E-state index in [1.54, 1.807) is 0 Å². The number of rotatable bonds is 4. The van der Waals surface area contributed by atoms with Crippen LogP contribution < -0.4 is 10.6 Å². The number of fused-ring (bicyclic) bond motifs is 1. The molecule has 104 valence electrons. The molecule has 1 aliphatic heterocycles. The van der Waals surface area contributed by atoms with Crippen molar-refractivity contribution in [2.24, 2.45) is 5.92 Å². The van der Waals surface area contributed by atoms with Crippen molar-refractivity contribution in [1.82, 2.24) is 5.32 Å². The minimum atomic E-state index is -0.0930. The molecule has 0 fully saturated rings. The molecule has 0 aromatic heterocycles. The second kappa shape index (κ2) is 6.09. The van der Waals surface area contributed by atoms with E-state index >= 15 is 0 Å². The van der Waals surface area contributed by atoms with Gasteiger partial charge in [0.1, 0.15) is 6.04 Å². The molecule has 0 spiro atoms. The van der Waals surface area contributed by atoms with E-state index in [4.69, 9.17) is 0 Å². The molecule has 1 heterocycles. The molecule has 2 atom stereocenters. The Balaban J connectivity index is 1.92. The van der Waals surface area contributed by atoms with Crippen LogP contribution in [0, 0.1) is 5.92 Å². The fraction of sp³-hybridized carbons (Fsp3) is 0.562. The Kier molecular flexibility index (Phi) is 4.46. The molecule has 0 saturated carbocycles. The SMILES string of the molecule is CC(C)CC(C)NC(=O)C1CCc2ccccc2N1. The number of nitrogens with one attached hydrogen (secondary N) is 2. The van der Waals surface area contributed by atoms with Gasteiger partial charge in [0.15, 0.2) is 0 Å².